The molecular formula is C9H14O. The lowest BCUT2D eigenvalue weighted by Crippen LogP contribution is -1.95. The molecule has 0 aromatic rings. The number of rotatable bonds is 2. The van der Waals surface area contributed by atoms with Crippen molar-refractivity contribution in [1.29, 1.82) is 0 Å². The van der Waals surface area contributed by atoms with E-state index in [1.807, 2.05) is 0 Å². The first-order valence-electron chi connectivity index (χ1n) is 3.82. The van der Waals surface area contributed by atoms with Crippen LogP contribution in [0.15, 0.2) is 23.5 Å². The number of hydrogen-bond acceptors (Lipinski definition) is 1. The highest BCUT2D eigenvalue weighted by Crippen LogP contribution is 2.21. The molecule has 0 unspecified atom stereocenters. The molecule has 0 amide bonds. The van der Waals surface area contributed by atoms with Crippen LogP contribution < -0.4 is 0 Å². The Balaban J connectivity index is 2.67. The third-order valence-electron chi connectivity index (χ3n) is 1.80. The van der Waals surface area contributed by atoms with E-state index < -0.39 is 0 Å². The summed E-state index contributed by atoms with van der Waals surface area (Å²) in [5.74, 6) is 1.08. The lowest BCUT2D eigenvalue weighted by molar-refractivity contribution is 0.295. The van der Waals surface area contributed by atoms with Crippen LogP contribution >= 0.6 is 0 Å². The Bertz CT molecular complexity index is 146. The van der Waals surface area contributed by atoms with Gasteiger partial charge in [-0.3, -0.25) is 0 Å². The fourth-order valence-electron chi connectivity index (χ4n) is 1.24. The van der Waals surface area contributed by atoms with Gasteiger partial charge in [-0.2, -0.15) is 0 Å². The van der Waals surface area contributed by atoms with Crippen LogP contribution in [0.3, 0.4) is 0 Å². The molecule has 0 saturated heterocycles. The Kier molecular flexibility index (Phi) is 2.55. The molecule has 56 valence electrons. The molecule has 0 heterocycles. The van der Waals surface area contributed by atoms with E-state index in [0.717, 1.165) is 18.6 Å². The molecule has 0 aromatic heterocycles. The van der Waals surface area contributed by atoms with Crippen LogP contribution in [0.2, 0.25) is 0 Å². The second kappa shape index (κ2) is 3.45. The van der Waals surface area contributed by atoms with E-state index in [4.69, 9.17) is 4.74 Å². The SMILES string of the molecule is CCC1=CCCC=C1OC. The van der Waals surface area contributed by atoms with Crippen LogP contribution in [-0.4, -0.2) is 7.11 Å². The van der Waals surface area contributed by atoms with Gasteiger partial charge in [0.05, 0.1) is 7.11 Å². The predicted molar refractivity (Wildman–Crippen MR) is 42.7 cm³/mol. The first-order chi connectivity index (χ1) is 4.88. The molecule has 0 spiro atoms. The first kappa shape index (κ1) is 7.39. The zero-order valence-electron chi connectivity index (χ0n) is 6.68. The highest BCUT2D eigenvalue weighted by atomic mass is 16.5. The van der Waals surface area contributed by atoms with Gasteiger partial charge in [-0.25, -0.2) is 0 Å². The van der Waals surface area contributed by atoms with Crippen LogP contribution in [0.25, 0.3) is 0 Å². The maximum Gasteiger partial charge on any atom is 0.117 e. The summed E-state index contributed by atoms with van der Waals surface area (Å²) in [6.45, 7) is 2.16. The molecule has 0 atom stereocenters. The highest BCUT2D eigenvalue weighted by Gasteiger charge is 2.05. The summed E-state index contributed by atoms with van der Waals surface area (Å²) in [6.07, 6.45) is 7.82. The Morgan fingerprint density at radius 3 is 2.60 bits per heavy atom. The van der Waals surface area contributed by atoms with Crippen molar-refractivity contribution in [3.05, 3.63) is 23.5 Å². The number of methoxy groups -OCH3 is 1. The van der Waals surface area contributed by atoms with Crippen molar-refractivity contribution >= 4 is 0 Å². The molecule has 0 saturated carbocycles. The predicted octanol–water partition coefficient (Wildman–Crippen LogP) is 2.65. The van der Waals surface area contributed by atoms with Crippen LogP contribution in [0, 0.1) is 0 Å². The third kappa shape index (κ3) is 1.41. The molecule has 0 aliphatic heterocycles. The van der Waals surface area contributed by atoms with Gasteiger partial charge in [-0.15, -0.1) is 0 Å². The molecule has 0 bridgehead atoms. The molecule has 1 nitrogen and oxygen atoms in total. The highest BCUT2D eigenvalue weighted by molar-refractivity contribution is 5.28. The minimum absolute atomic E-state index is 1.08. The van der Waals surface area contributed by atoms with Gasteiger partial charge >= 0.3 is 0 Å². The molecule has 0 aromatic carbocycles. The normalized spacial score (nSPS) is 17.8. The number of ether oxygens (including phenoxy) is 1. The van der Waals surface area contributed by atoms with Gasteiger partial charge in [-0.1, -0.05) is 13.0 Å². The lowest BCUT2D eigenvalue weighted by Gasteiger charge is -2.12. The Morgan fingerprint density at radius 1 is 1.40 bits per heavy atom. The topological polar surface area (TPSA) is 9.23 Å². The van der Waals surface area contributed by atoms with Crippen molar-refractivity contribution in [1.82, 2.24) is 0 Å². The summed E-state index contributed by atoms with van der Waals surface area (Å²) < 4.78 is 5.19. The van der Waals surface area contributed by atoms with E-state index in [-0.39, 0.29) is 0 Å². The van der Waals surface area contributed by atoms with Gasteiger partial charge in [0.2, 0.25) is 0 Å². The van der Waals surface area contributed by atoms with Crippen LogP contribution in [-0.2, 0) is 4.74 Å². The summed E-state index contributed by atoms with van der Waals surface area (Å²) in [4.78, 5) is 0. The van der Waals surface area contributed by atoms with E-state index >= 15 is 0 Å². The van der Waals surface area contributed by atoms with E-state index in [0.29, 0.717) is 0 Å². The Hall–Kier alpha value is -0.720. The molecular weight excluding hydrogens is 124 g/mol. The Morgan fingerprint density at radius 2 is 2.10 bits per heavy atom. The molecule has 0 N–H and O–H groups in total. The standard InChI is InChI=1S/C9H14O/c1-3-8-6-4-5-7-9(8)10-2/h6-7H,3-5H2,1-2H3. The molecule has 1 aliphatic carbocycles. The van der Waals surface area contributed by atoms with Crippen molar-refractivity contribution in [2.45, 2.75) is 26.2 Å². The smallest absolute Gasteiger partial charge is 0.117 e. The van der Waals surface area contributed by atoms with E-state index in [9.17, 15) is 0 Å². The van der Waals surface area contributed by atoms with E-state index in [2.05, 4.69) is 19.1 Å². The summed E-state index contributed by atoms with van der Waals surface area (Å²) >= 11 is 0. The van der Waals surface area contributed by atoms with Gasteiger partial charge in [0.25, 0.3) is 0 Å². The maximum absolute atomic E-state index is 5.19. The van der Waals surface area contributed by atoms with Crippen molar-refractivity contribution in [3.8, 4) is 0 Å². The number of hydrogen-bond donors (Lipinski definition) is 0. The maximum atomic E-state index is 5.19. The lowest BCUT2D eigenvalue weighted by atomic mass is 10.0. The molecule has 0 fully saturated rings. The largest absolute Gasteiger partial charge is 0.497 e. The quantitative estimate of drug-likeness (QED) is 0.570. The van der Waals surface area contributed by atoms with Gasteiger partial charge in [0.1, 0.15) is 5.76 Å². The second-order valence-corrected chi connectivity index (χ2v) is 2.43. The van der Waals surface area contributed by atoms with Crippen molar-refractivity contribution in [3.63, 3.8) is 0 Å². The first-order valence-corrected chi connectivity index (χ1v) is 3.82. The minimum atomic E-state index is 1.08. The van der Waals surface area contributed by atoms with E-state index in [1.165, 1.54) is 12.0 Å². The molecule has 10 heavy (non-hydrogen) atoms. The van der Waals surface area contributed by atoms with Gasteiger partial charge in [0.15, 0.2) is 0 Å². The summed E-state index contributed by atoms with van der Waals surface area (Å²) in [5, 5.41) is 0. The fourth-order valence-corrected chi connectivity index (χ4v) is 1.24. The van der Waals surface area contributed by atoms with E-state index in [1.54, 1.807) is 7.11 Å². The molecule has 0 radical (unpaired) electrons. The fraction of sp³-hybridized carbons (Fsp3) is 0.556. The summed E-state index contributed by atoms with van der Waals surface area (Å²) in [6, 6.07) is 0. The molecule has 1 rings (SSSR count). The monoisotopic (exact) mass is 138 g/mol. The van der Waals surface area contributed by atoms with Crippen LogP contribution in [0.5, 0.6) is 0 Å². The third-order valence-corrected chi connectivity index (χ3v) is 1.80. The Labute approximate surface area is 62.4 Å². The van der Waals surface area contributed by atoms with Crippen molar-refractivity contribution in [2.75, 3.05) is 7.11 Å². The van der Waals surface area contributed by atoms with Gasteiger partial charge < -0.3 is 4.74 Å². The van der Waals surface area contributed by atoms with Gasteiger partial charge in [0, 0.05) is 0 Å². The zero-order chi connectivity index (χ0) is 7.40. The molecule has 1 aliphatic rings. The second-order valence-electron chi connectivity index (χ2n) is 2.43. The van der Waals surface area contributed by atoms with Crippen LogP contribution in [0.1, 0.15) is 26.2 Å². The van der Waals surface area contributed by atoms with Crippen LogP contribution in [0.4, 0.5) is 0 Å². The van der Waals surface area contributed by atoms with Gasteiger partial charge in [-0.05, 0) is 30.9 Å². The zero-order valence-corrected chi connectivity index (χ0v) is 6.68. The average molecular weight is 138 g/mol. The summed E-state index contributed by atoms with van der Waals surface area (Å²) in [7, 11) is 1.74. The molecule has 1 heteroatoms. The minimum Gasteiger partial charge on any atom is -0.497 e. The summed E-state index contributed by atoms with van der Waals surface area (Å²) in [5.41, 5.74) is 1.36. The number of allylic oxidation sites excluding steroid dienone is 3. The average Bonchev–Trinajstić information content (AvgIpc) is 2.04. The van der Waals surface area contributed by atoms with Crippen molar-refractivity contribution in [2.24, 2.45) is 0 Å². The van der Waals surface area contributed by atoms with Crippen molar-refractivity contribution < 1.29 is 4.74 Å².